The topological polar surface area (TPSA) is 22.1 Å². The van der Waals surface area contributed by atoms with Crippen LogP contribution in [0.3, 0.4) is 0 Å². The Bertz CT molecular complexity index is 961. The zero-order chi connectivity index (χ0) is 22.7. The second kappa shape index (κ2) is 9.52. The Hall–Kier alpha value is -2.85. The van der Waals surface area contributed by atoms with Crippen molar-refractivity contribution in [2.24, 2.45) is 5.10 Å². The van der Waals surface area contributed by atoms with Crippen LogP contribution >= 0.6 is 0 Å². The summed E-state index contributed by atoms with van der Waals surface area (Å²) in [5, 5.41) is 7.07. The molecule has 4 heteroatoms. The Morgan fingerprint density at radius 1 is 1.16 bits per heavy atom. The molecule has 0 fully saturated rings. The van der Waals surface area contributed by atoms with Crippen LogP contribution in [0.1, 0.15) is 40.5 Å². The lowest BCUT2D eigenvalue weighted by Crippen LogP contribution is -2.41. The van der Waals surface area contributed by atoms with Crippen molar-refractivity contribution >= 4 is 5.71 Å². The molecule has 0 amide bonds. The van der Waals surface area contributed by atoms with Crippen LogP contribution in [0.5, 0.6) is 0 Å². The summed E-state index contributed by atoms with van der Waals surface area (Å²) >= 11 is 0. The summed E-state index contributed by atoms with van der Waals surface area (Å²) < 4.78 is 0. The molecule has 0 saturated carbocycles. The van der Waals surface area contributed by atoms with Crippen LogP contribution in [0.4, 0.5) is 0 Å². The fraction of sp³-hybridized carbons (Fsp3) is 0.370. The second-order valence-corrected chi connectivity index (χ2v) is 8.88. The van der Waals surface area contributed by atoms with Crippen LogP contribution < -0.4 is 0 Å². The van der Waals surface area contributed by atoms with E-state index in [1.54, 1.807) is 0 Å². The lowest BCUT2D eigenvalue weighted by atomic mass is 9.88. The molecule has 0 spiro atoms. The largest absolute Gasteiger partial charge is 0.351 e. The van der Waals surface area contributed by atoms with Gasteiger partial charge in [0.1, 0.15) is 0 Å². The molecule has 0 N–H and O–H groups in total. The van der Waals surface area contributed by atoms with Crippen molar-refractivity contribution in [3.05, 3.63) is 95.7 Å². The Morgan fingerprint density at radius 2 is 1.90 bits per heavy atom. The van der Waals surface area contributed by atoms with Crippen molar-refractivity contribution in [2.45, 2.75) is 46.6 Å². The Morgan fingerprint density at radius 3 is 2.55 bits per heavy atom. The van der Waals surface area contributed by atoms with Crippen molar-refractivity contribution in [3.63, 3.8) is 0 Å². The highest BCUT2D eigenvalue weighted by atomic mass is 15.5. The van der Waals surface area contributed by atoms with E-state index in [-0.39, 0.29) is 0 Å². The van der Waals surface area contributed by atoms with Gasteiger partial charge in [-0.15, -0.1) is 0 Å². The van der Waals surface area contributed by atoms with Crippen molar-refractivity contribution in [2.75, 3.05) is 20.1 Å². The average molecular weight is 417 g/mol. The molecule has 3 heterocycles. The van der Waals surface area contributed by atoms with Crippen LogP contribution in [0, 0.1) is 0 Å². The highest BCUT2D eigenvalue weighted by Gasteiger charge is 2.32. The van der Waals surface area contributed by atoms with Gasteiger partial charge in [0.25, 0.3) is 0 Å². The molecular formula is C27H36N4. The summed E-state index contributed by atoms with van der Waals surface area (Å²) in [4.78, 5) is 4.57. The van der Waals surface area contributed by atoms with Crippen LogP contribution in [0.2, 0.25) is 0 Å². The predicted molar refractivity (Wildman–Crippen MR) is 133 cm³/mol. The first-order valence-corrected chi connectivity index (χ1v) is 11.0. The summed E-state index contributed by atoms with van der Waals surface area (Å²) in [6.45, 7) is 23.4. The maximum Gasteiger partial charge on any atom is 0.0694 e. The van der Waals surface area contributed by atoms with E-state index in [2.05, 4.69) is 81.5 Å². The number of rotatable bonds is 6. The van der Waals surface area contributed by atoms with E-state index in [0.29, 0.717) is 6.04 Å². The third-order valence-electron chi connectivity index (χ3n) is 6.08. The van der Waals surface area contributed by atoms with E-state index in [0.717, 1.165) is 48.7 Å². The van der Waals surface area contributed by atoms with Gasteiger partial charge in [-0.25, -0.2) is 5.01 Å². The van der Waals surface area contributed by atoms with Crippen molar-refractivity contribution in [1.82, 2.24) is 14.8 Å². The lowest BCUT2D eigenvalue weighted by Gasteiger charge is -2.40. The number of hydrogen-bond donors (Lipinski definition) is 0. The minimum absolute atomic E-state index is 0.498. The SMILES string of the molecule is C=C/C(=C\C=C(C)C)N1N=C(CC2=CC=CN(C)C2=C)C2=C(CN(C(C)C)CC2)C1=C. The molecule has 0 radical (unpaired) electrons. The van der Waals surface area contributed by atoms with Gasteiger partial charge >= 0.3 is 0 Å². The minimum Gasteiger partial charge on any atom is -0.351 e. The van der Waals surface area contributed by atoms with Crippen molar-refractivity contribution in [3.8, 4) is 0 Å². The molecule has 0 aromatic rings. The first-order valence-electron chi connectivity index (χ1n) is 11.0. The van der Waals surface area contributed by atoms with Crippen molar-refractivity contribution < 1.29 is 0 Å². The number of allylic oxidation sites excluding steroid dienone is 7. The normalized spacial score (nSPS) is 20.1. The second-order valence-electron chi connectivity index (χ2n) is 8.88. The molecule has 0 saturated heterocycles. The summed E-state index contributed by atoms with van der Waals surface area (Å²) in [5.74, 6) is 0. The van der Waals surface area contributed by atoms with E-state index in [1.165, 1.54) is 22.3 Å². The van der Waals surface area contributed by atoms with E-state index < -0.39 is 0 Å². The first kappa shape index (κ1) is 22.8. The van der Waals surface area contributed by atoms with Gasteiger partial charge in [-0.05, 0) is 69.1 Å². The highest BCUT2D eigenvalue weighted by Crippen LogP contribution is 2.36. The first-order chi connectivity index (χ1) is 14.7. The molecule has 0 aliphatic carbocycles. The number of hydrogen-bond acceptors (Lipinski definition) is 4. The van der Waals surface area contributed by atoms with Gasteiger partial charge in [0.2, 0.25) is 0 Å². The Labute approximate surface area is 188 Å². The molecule has 0 atom stereocenters. The smallest absolute Gasteiger partial charge is 0.0694 e. The number of hydrazone groups is 1. The fourth-order valence-corrected chi connectivity index (χ4v) is 4.05. The molecule has 3 aliphatic rings. The summed E-state index contributed by atoms with van der Waals surface area (Å²) in [7, 11) is 2.03. The fourth-order valence-electron chi connectivity index (χ4n) is 4.05. The molecule has 164 valence electrons. The van der Waals surface area contributed by atoms with Crippen LogP contribution in [0.25, 0.3) is 0 Å². The summed E-state index contributed by atoms with van der Waals surface area (Å²) in [6, 6.07) is 0.498. The lowest BCUT2D eigenvalue weighted by molar-refractivity contribution is 0.230. The van der Waals surface area contributed by atoms with Crippen molar-refractivity contribution in [1.29, 1.82) is 0 Å². The molecule has 4 nitrogen and oxygen atoms in total. The quantitative estimate of drug-likeness (QED) is 0.503. The van der Waals surface area contributed by atoms with Crippen LogP contribution in [-0.2, 0) is 0 Å². The monoisotopic (exact) mass is 416 g/mol. The zero-order valence-corrected chi connectivity index (χ0v) is 19.8. The third kappa shape index (κ3) is 4.91. The van der Waals surface area contributed by atoms with E-state index in [4.69, 9.17) is 5.10 Å². The molecule has 31 heavy (non-hydrogen) atoms. The molecule has 0 bridgehead atoms. The van der Waals surface area contributed by atoms with Gasteiger partial charge in [-0.2, -0.15) is 5.10 Å². The maximum atomic E-state index is 5.10. The number of nitrogens with zero attached hydrogens (tertiary/aromatic N) is 4. The standard InChI is InChI=1S/C27H36N4/c1-9-24(13-12-19(2)3)31-22(7)26-18-30(20(4)5)16-14-25(26)27(28-31)17-23-11-10-15-29(8)21(23)6/h9-13,15,20H,1,6-7,14,16-18H2,2-5,8H3/b24-13+. The average Bonchev–Trinajstić information content (AvgIpc) is 2.73. The van der Waals surface area contributed by atoms with Gasteiger partial charge < -0.3 is 4.90 Å². The molecule has 0 aromatic heterocycles. The molecule has 0 aromatic carbocycles. The van der Waals surface area contributed by atoms with E-state index >= 15 is 0 Å². The van der Waals surface area contributed by atoms with Gasteiger partial charge in [0.15, 0.2) is 0 Å². The number of likely N-dealkylation sites (N-methyl/N-ethyl adjacent to an activating group) is 1. The van der Waals surface area contributed by atoms with Crippen LogP contribution in [0.15, 0.2) is 101 Å². The molecule has 0 unspecified atom stereocenters. The maximum absolute atomic E-state index is 5.10. The Kier molecular flexibility index (Phi) is 7.01. The van der Waals surface area contributed by atoms with Crippen LogP contribution in [-0.4, -0.2) is 46.7 Å². The van der Waals surface area contributed by atoms with Gasteiger partial charge in [-0.3, -0.25) is 4.90 Å². The van der Waals surface area contributed by atoms with Gasteiger partial charge in [0, 0.05) is 44.5 Å². The molecule has 3 rings (SSSR count). The third-order valence-corrected chi connectivity index (χ3v) is 6.08. The van der Waals surface area contributed by atoms with E-state index in [1.807, 2.05) is 24.3 Å². The molecule has 3 aliphatic heterocycles. The van der Waals surface area contributed by atoms with Gasteiger partial charge in [-0.1, -0.05) is 37.5 Å². The van der Waals surface area contributed by atoms with E-state index in [9.17, 15) is 0 Å². The predicted octanol–water partition coefficient (Wildman–Crippen LogP) is 5.91. The minimum atomic E-state index is 0.498. The summed E-state index contributed by atoms with van der Waals surface area (Å²) in [5.41, 5.74) is 9.07. The molecular weight excluding hydrogens is 380 g/mol. The zero-order valence-electron chi connectivity index (χ0n) is 19.8. The Balaban J connectivity index is 2.04. The van der Waals surface area contributed by atoms with Gasteiger partial charge in [0.05, 0.1) is 17.1 Å². The highest BCUT2D eigenvalue weighted by molar-refractivity contribution is 6.04. The summed E-state index contributed by atoms with van der Waals surface area (Å²) in [6.07, 6.45) is 14.0.